The summed E-state index contributed by atoms with van der Waals surface area (Å²) in [6.07, 6.45) is 0. The molecule has 33 heavy (non-hydrogen) atoms. The lowest BCUT2D eigenvalue weighted by molar-refractivity contribution is -0.130. The molecule has 0 saturated carbocycles. The van der Waals surface area contributed by atoms with Crippen molar-refractivity contribution < 1.29 is 9.53 Å². The van der Waals surface area contributed by atoms with Crippen molar-refractivity contribution >= 4 is 46.2 Å². The van der Waals surface area contributed by atoms with Crippen molar-refractivity contribution in [1.82, 2.24) is 5.32 Å². The molecule has 3 atom stereocenters. The van der Waals surface area contributed by atoms with Crippen molar-refractivity contribution in [2.75, 3.05) is 10.2 Å². The van der Waals surface area contributed by atoms with E-state index >= 15 is 0 Å². The Morgan fingerprint density at radius 2 is 1.82 bits per heavy atom. The molecule has 5 nitrogen and oxygen atoms in total. The molecular formula is C26H24ClN3O2S. The van der Waals surface area contributed by atoms with E-state index in [1.807, 2.05) is 62.1 Å². The molecule has 7 heteroatoms. The Morgan fingerprint density at radius 3 is 2.55 bits per heavy atom. The number of carbonyl (C=O) groups is 1. The number of anilines is 2. The van der Waals surface area contributed by atoms with Crippen molar-refractivity contribution in [3.8, 4) is 5.75 Å². The van der Waals surface area contributed by atoms with Gasteiger partial charge in [0.25, 0.3) is 0 Å². The highest BCUT2D eigenvalue weighted by molar-refractivity contribution is 7.80. The summed E-state index contributed by atoms with van der Waals surface area (Å²) < 4.78 is 6.63. The van der Waals surface area contributed by atoms with E-state index in [0.29, 0.717) is 15.8 Å². The Labute approximate surface area is 203 Å². The molecule has 1 fully saturated rings. The predicted octanol–water partition coefficient (Wildman–Crippen LogP) is 5.76. The Kier molecular flexibility index (Phi) is 5.30. The number of amides is 1. The lowest BCUT2D eigenvalue weighted by atomic mass is 9.78. The zero-order valence-electron chi connectivity index (χ0n) is 18.6. The zero-order valence-corrected chi connectivity index (χ0v) is 20.1. The minimum atomic E-state index is -1.04. The molecule has 1 amide bonds. The number of carbonyl (C=O) groups excluding carboxylic acids is 1. The molecule has 0 aliphatic carbocycles. The van der Waals surface area contributed by atoms with Gasteiger partial charge in [0.2, 0.25) is 5.91 Å². The van der Waals surface area contributed by atoms with E-state index in [4.69, 9.17) is 28.6 Å². The van der Waals surface area contributed by atoms with Gasteiger partial charge in [0, 0.05) is 22.0 Å². The van der Waals surface area contributed by atoms with Crippen LogP contribution in [0.5, 0.6) is 5.75 Å². The van der Waals surface area contributed by atoms with Crippen LogP contribution in [0.15, 0.2) is 66.7 Å². The molecule has 1 saturated heterocycles. The first-order valence-corrected chi connectivity index (χ1v) is 11.6. The molecule has 2 aliphatic heterocycles. The third-order valence-corrected chi connectivity index (χ3v) is 6.86. The van der Waals surface area contributed by atoms with Crippen LogP contribution in [0.4, 0.5) is 11.4 Å². The normalized spacial score (nSPS) is 23.3. The summed E-state index contributed by atoms with van der Waals surface area (Å²) in [5.41, 5.74) is 3.61. The van der Waals surface area contributed by atoms with Crippen LogP contribution in [0.2, 0.25) is 5.02 Å². The van der Waals surface area contributed by atoms with E-state index < -0.39 is 11.6 Å². The molecule has 2 heterocycles. The summed E-state index contributed by atoms with van der Waals surface area (Å²) in [6.45, 7) is 5.99. The van der Waals surface area contributed by atoms with Crippen LogP contribution < -0.4 is 20.3 Å². The Morgan fingerprint density at radius 1 is 1.09 bits per heavy atom. The van der Waals surface area contributed by atoms with Gasteiger partial charge in [-0.05, 0) is 81.0 Å². The van der Waals surface area contributed by atoms with Gasteiger partial charge in [-0.2, -0.15) is 0 Å². The number of nitrogens with zero attached hydrogens (tertiary/aromatic N) is 1. The van der Waals surface area contributed by atoms with Crippen molar-refractivity contribution in [1.29, 1.82) is 0 Å². The molecule has 5 rings (SSSR count). The van der Waals surface area contributed by atoms with Gasteiger partial charge in [0.1, 0.15) is 11.7 Å². The van der Waals surface area contributed by atoms with Gasteiger partial charge < -0.3 is 15.4 Å². The van der Waals surface area contributed by atoms with E-state index in [0.717, 1.165) is 28.1 Å². The summed E-state index contributed by atoms with van der Waals surface area (Å²) >= 11 is 11.8. The number of halogens is 1. The van der Waals surface area contributed by atoms with Crippen LogP contribution in [0.3, 0.4) is 0 Å². The quantitative estimate of drug-likeness (QED) is 0.470. The van der Waals surface area contributed by atoms with Crippen LogP contribution >= 0.6 is 23.8 Å². The fourth-order valence-electron chi connectivity index (χ4n) is 4.81. The monoisotopic (exact) mass is 477 g/mol. The lowest BCUT2D eigenvalue weighted by Gasteiger charge is -2.56. The van der Waals surface area contributed by atoms with Gasteiger partial charge >= 0.3 is 0 Å². The van der Waals surface area contributed by atoms with Crippen molar-refractivity contribution in [2.24, 2.45) is 5.92 Å². The van der Waals surface area contributed by atoms with Gasteiger partial charge in [0.15, 0.2) is 10.8 Å². The Balaban J connectivity index is 1.63. The molecular weight excluding hydrogens is 454 g/mol. The lowest BCUT2D eigenvalue weighted by Crippen LogP contribution is -2.72. The van der Waals surface area contributed by atoms with Gasteiger partial charge in [-0.25, -0.2) is 0 Å². The van der Waals surface area contributed by atoms with Gasteiger partial charge in [-0.1, -0.05) is 41.4 Å². The minimum Gasteiger partial charge on any atom is -0.467 e. The van der Waals surface area contributed by atoms with Crippen LogP contribution in [-0.4, -0.2) is 16.7 Å². The fourth-order valence-corrected chi connectivity index (χ4v) is 5.35. The smallest absolute Gasteiger partial charge is 0.236 e. The predicted molar refractivity (Wildman–Crippen MR) is 136 cm³/mol. The maximum Gasteiger partial charge on any atom is 0.236 e. The van der Waals surface area contributed by atoms with Gasteiger partial charge in [-0.15, -0.1) is 0 Å². The first kappa shape index (κ1) is 21.7. The van der Waals surface area contributed by atoms with Crippen LogP contribution in [-0.2, 0) is 4.79 Å². The number of hydrogen-bond acceptors (Lipinski definition) is 3. The Bertz CT molecular complexity index is 1260. The minimum absolute atomic E-state index is 0.162. The molecule has 3 aromatic carbocycles. The molecule has 2 N–H and O–H groups in total. The number of fused-ring (bicyclic) bond motifs is 4. The number of nitrogens with one attached hydrogen (secondary N) is 2. The average molecular weight is 478 g/mol. The highest BCUT2D eigenvalue weighted by Crippen LogP contribution is 2.50. The molecule has 0 aromatic heterocycles. The summed E-state index contributed by atoms with van der Waals surface area (Å²) in [5, 5.41) is 7.63. The molecule has 3 aromatic rings. The summed E-state index contributed by atoms with van der Waals surface area (Å²) in [6, 6.07) is 20.8. The fraction of sp³-hybridized carbons (Fsp3) is 0.231. The molecule has 0 spiro atoms. The summed E-state index contributed by atoms with van der Waals surface area (Å²) in [5.74, 6) is -0.00406. The second-order valence-corrected chi connectivity index (χ2v) is 9.60. The topological polar surface area (TPSA) is 53.6 Å². The van der Waals surface area contributed by atoms with Crippen molar-refractivity contribution in [3.05, 3.63) is 88.4 Å². The Hall–Kier alpha value is -3.09. The second kappa shape index (κ2) is 8.04. The third-order valence-electron chi connectivity index (χ3n) is 6.31. The maximum absolute atomic E-state index is 13.8. The van der Waals surface area contributed by atoms with Crippen molar-refractivity contribution in [2.45, 2.75) is 32.5 Å². The third kappa shape index (κ3) is 3.73. The number of benzene rings is 3. The number of ether oxygens (including phenoxy) is 1. The van der Waals surface area contributed by atoms with E-state index in [9.17, 15) is 4.79 Å². The summed E-state index contributed by atoms with van der Waals surface area (Å²) in [7, 11) is 0. The SMILES string of the molecule is Cc1cccc(N2C(=S)N[C@H]3c4cc(C)ccc4O[C@]2(C)[C@@H]3C(=O)Nc2ccc(Cl)cc2)c1. The summed E-state index contributed by atoms with van der Waals surface area (Å²) in [4.78, 5) is 15.7. The highest BCUT2D eigenvalue weighted by atomic mass is 35.5. The highest BCUT2D eigenvalue weighted by Gasteiger charge is 2.59. The average Bonchev–Trinajstić information content (AvgIpc) is 2.75. The number of aryl methyl sites for hydroxylation is 2. The van der Waals surface area contributed by atoms with Crippen LogP contribution in [0.25, 0.3) is 0 Å². The van der Waals surface area contributed by atoms with E-state index in [-0.39, 0.29) is 11.9 Å². The standard InChI is InChI=1S/C26H24ClN3O2S/c1-15-5-4-6-19(13-15)30-25(33)29-23-20-14-16(2)7-12-21(20)32-26(30,3)22(23)24(31)28-18-10-8-17(27)9-11-18/h4-14,22-23H,1-3H3,(H,28,31)(H,29,33)/t22-,23-,26+/m0/s1. The molecule has 2 bridgehead atoms. The second-order valence-electron chi connectivity index (χ2n) is 8.77. The number of rotatable bonds is 3. The first-order valence-electron chi connectivity index (χ1n) is 10.8. The molecule has 168 valence electrons. The first-order chi connectivity index (χ1) is 15.8. The zero-order chi connectivity index (χ0) is 23.3. The molecule has 0 radical (unpaired) electrons. The van der Waals surface area contributed by atoms with E-state index in [1.165, 1.54) is 0 Å². The van der Waals surface area contributed by atoms with Crippen LogP contribution in [0, 0.1) is 19.8 Å². The largest absolute Gasteiger partial charge is 0.467 e. The van der Waals surface area contributed by atoms with Gasteiger partial charge in [0.05, 0.1) is 6.04 Å². The molecule has 0 unspecified atom stereocenters. The van der Waals surface area contributed by atoms with Gasteiger partial charge in [-0.3, -0.25) is 9.69 Å². The van der Waals surface area contributed by atoms with Crippen LogP contribution in [0.1, 0.15) is 29.7 Å². The van der Waals surface area contributed by atoms with E-state index in [1.54, 1.807) is 24.3 Å². The number of thiocarbonyl (C=S) groups is 1. The van der Waals surface area contributed by atoms with Crippen molar-refractivity contribution in [3.63, 3.8) is 0 Å². The maximum atomic E-state index is 13.8. The number of hydrogen-bond donors (Lipinski definition) is 2. The van der Waals surface area contributed by atoms with E-state index in [2.05, 4.69) is 16.7 Å². The molecule has 2 aliphatic rings.